The predicted molar refractivity (Wildman–Crippen MR) is 99.6 cm³/mol. The van der Waals surface area contributed by atoms with E-state index in [4.69, 9.17) is 4.42 Å². The van der Waals surface area contributed by atoms with E-state index in [9.17, 15) is 9.18 Å². The Kier molecular flexibility index (Phi) is 4.68. The number of aromatic nitrogens is 1. The first kappa shape index (κ1) is 17.9. The molecule has 3 rings (SSSR count). The SMILES string of the molecule is CN(Cc1ccc(F)cc1)C(=O)Nc1ccc2oc(C(C)(C)C)nc2c1. The number of benzene rings is 2. The number of amides is 2. The predicted octanol–water partition coefficient (Wildman–Crippen LogP) is 4.93. The molecule has 3 aromatic rings. The largest absolute Gasteiger partial charge is 0.440 e. The molecule has 136 valence electrons. The Morgan fingerprint density at radius 3 is 2.54 bits per heavy atom. The second kappa shape index (κ2) is 6.78. The van der Waals surface area contributed by atoms with Crippen molar-refractivity contribution in [2.75, 3.05) is 12.4 Å². The second-order valence-electron chi connectivity index (χ2n) is 7.36. The van der Waals surface area contributed by atoms with E-state index in [1.165, 1.54) is 17.0 Å². The summed E-state index contributed by atoms with van der Waals surface area (Å²) >= 11 is 0. The first-order valence-corrected chi connectivity index (χ1v) is 8.40. The van der Waals surface area contributed by atoms with Crippen molar-refractivity contribution in [1.29, 1.82) is 0 Å². The molecule has 0 saturated carbocycles. The van der Waals surface area contributed by atoms with E-state index in [1.54, 1.807) is 37.4 Å². The van der Waals surface area contributed by atoms with Gasteiger partial charge in [-0.05, 0) is 35.9 Å². The minimum Gasteiger partial charge on any atom is -0.440 e. The number of hydrogen-bond acceptors (Lipinski definition) is 3. The fraction of sp³-hybridized carbons (Fsp3) is 0.300. The fourth-order valence-electron chi connectivity index (χ4n) is 2.48. The van der Waals surface area contributed by atoms with E-state index in [1.807, 2.05) is 20.8 Å². The highest BCUT2D eigenvalue weighted by molar-refractivity contribution is 5.91. The molecule has 0 aliphatic carbocycles. The third-order valence-corrected chi connectivity index (χ3v) is 3.96. The van der Waals surface area contributed by atoms with Crippen LogP contribution in [0.2, 0.25) is 0 Å². The average molecular weight is 355 g/mol. The zero-order chi connectivity index (χ0) is 18.9. The Balaban J connectivity index is 1.71. The Labute approximate surface area is 151 Å². The highest BCUT2D eigenvalue weighted by Crippen LogP contribution is 2.27. The van der Waals surface area contributed by atoms with Crippen LogP contribution < -0.4 is 5.32 Å². The quantitative estimate of drug-likeness (QED) is 0.725. The van der Waals surface area contributed by atoms with Gasteiger partial charge in [0.25, 0.3) is 0 Å². The summed E-state index contributed by atoms with van der Waals surface area (Å²) in [5.41, 5.74) is 2.70. The summed E-state index contributed by atoms with van der Waals surface area (Å²) in [6.45, 7) is 6.48. The number of urea groups is 1. The first-order chi connectivity index (χ1) is 12.2. The fourth-order valence-corrected chi connectivity index (χ4v) is 2.48. The van der Waals surface area contributed by atoms with Gasteiger partial charge in [0.05, 0.1) is 0 Å². The number of fused-ring (bicyclic) bond motifs is 1. The number of hydrogen-bond donors (Lipinski definition) is 1. The van der Waals surface area contributed by atoms with Crippen LogP contribution in [0.5, 0.6) is 0 Å². The minimum atomic E-state index is -0.295. The lowest BCUT2D eigenvalue weighted by atomic mass is 9.97. The van der Waals surface area contributed by atoms with E-state index < -0.39 is 0 Å². The van der Waals surface area contributed by atoms with E-state index in [0.29, 0.717) is 29.2 Å². The molecule has 6 heteroatoms. The molecule has 5 nitrogen and oxygen atoms in total. The maximum absolute atomic E-state index is 13.0. The molecule has 1 N–H and O–H groups in total. The van der Waals surface area contributed by atoms with Gasteiger partial charge in [-0.1, -0.05) is 32.9 Å². The second-order valence-corrected chi connectivity index (χ2v) is 7.36. The first-order valence-electron chi connectivity index (χ1n) is 8.40. The van der Waals surface area contributed by atoms with Crippen molar-refractivity contribution in [2.45, 2.75) is 32.7 Å². The maximum Gasteiger partial charge on any atom is 0.321 e. The molecule has 2 amide bonds. The highest BCUT2D eigenvalue weighted by Gasteiger charge is 2.21. The molecular formula is C20H22FN3O2. The standard InChI is InChI=1S/C20H22FN3O2/c1-20(2,3)18-23-16-11-15(9-10-17(16)26-18)22-19(25)24(4)12-13-5-7-14(21)8-6-13/h5-11H,12H2,1-4H3,(H,22,25). The zero-order valence-electron chi connectivity index (χ0n) is 15.3. The Morgan fingerprint density at radius 1 is 1.19 bits per heavy atom. The van der Waals surface area contributed by atoms with Crippen LogP contribution >= 0.6 is 0 Å². The van der Waals surface area contributed by atoms with Crippen LogP contribution in [0.3, 0.4) is 0 Å². The number of anilines is 1. The minimum absolute atomic E-state index is 0.183. The van der Waals surface area contributed by atoms with Crippen molar-refractivity contribution in [2.24, 2.45) is 0 Å². The third kappa shape index (κ3) is 4.02. The normalized spacial score (nSPS) is 11.6. The van der Waals surface area contributed by atoms with Gasteiger partial charge in [0.1, 0.15) is 11.3 Å². The van der Waals surface area contributed by atoms with Crippen LogP contribution in [0.1, 0.15) is 32.2 Å². The van der Waals surface area contributed by atoms with Crippen LogP contribution in [-0.4, -0.2) is 23.0 Å². The van der Waals surface area contributed by atoms with Gasteiger partial charge in [-0.3, -0.25) is 0 Å². The Morgan fingerprint density at radius 2 is 1.88 bits per heavy atom. The molecule has 0 unspecified atom stereocenters. The molecule has 0 aliphatic rings. The number of nitrogens with one attached hydrogen (secondary N) is 1. The molecule has 0 fully saturated rings. The van der Waals surface area contributed by atoms with Crippen LogP contribution in [0.15, 0.2) is 46.9 Å². The summed E-state index contributed by atoms with van der Waals surface area (Å²) in [6, 6.07) is 11.2. The Bertz CT molecular complexity index is 926. The molecule has 26 heavy (non-hydrogen) atoms. The van der Waals surface area contributed by atoms with E-state index in [-0.39, 0.29) is 17.3 Å². The molecular weight excluding hydrogens is 333 g/mol. The van der Waals surface area contributed by atoms with Crippen molar-refractivity contribution >= 4 is 22.8 Å². The molecule has 0 aliphatic heterocycles. The van der Waals surface area contributed by atoms with Gasteiger partial charge in [0.15, 0.2) is 5.58 Å². The number of carbonyl (C=O) groups excluding carboxylic acids is 1. The molecule has 0 spiro atoms. The van der Waals surface area contributed by atoms with Gasteiger partial charge in [-0.15, -0.1) is 0 Å². The van der Waals surface area contributed by atoms with Crippen LogP contribution in [0.25, 0.3) is 11.1 Å². The molecule has 0 radical (unpaired) electrons. The van der Waals surface area contributed by atoms with E-state index in [0.717, 1.165) is 5.56 Å². The lowest BCUT2D eigenvalue weighted by molar-refractivity contribution is 0.220. The van der Waals surface area contributed by atoms with Crippen molar-refractivity contribution in [3.8, 4) is 0 Å². The Hall–Kier alpha value is -2.89. The maximum atomic E-state index is 13.0. The van der Waals surface area contributed by atoms with Gasteiger partial charge in [0, 0.05) is 24.7 Å². The van der Waals surface area contributed by atoms with Gasteiger partial charge >= 0.3 is 6.03 Å². The van der Waals surface area contributed by atoms with Crippen molar-refractivity contribution in [3.63, 3.8) is 0 Å². The number of carbonyl (C=O) groups is 1. The molecule has 0 saturated heterocycles. The summed E-state index contributed by atoms with van der Waals surface area (Å²) in [5.74, 6) is 0.362. The van der Waals surface area contributed by atoms with Crippen LogP contribution in [0, 0.1) is 5.82 Å². The number of halogens is 1. The van der Waals surface area contributed by atoms with Gasteiger partial charge < -0.3 is 14.6 Å². The van der Waals surface area contributed by atoms with Crippen molar-refractivity contribution in [3.05, 3.63) is 59.7 Å². The van der Waals surface area contributed by atoms with Gasteiger partial charge in [-0.25, -0.2) is 14.2 Å². The lowest BCUT2D eigenvalue weighted by Gasteiger charge is -2.18. The number of rotatable bonds is 3. The van der Waals surface area contributed by atoms with Crippen molar-refractivity contribution < 1.29 is 13.6 Å². The van der Waals surface area contributed by atoms with Crippen LogP contribution in [0.4, 0.5) is 14.9 Å². The third-order valence-electron chi connectivity index (χ3n) is 3.96. The molecule has 1 heterocycles. The smallest absolute Gasteiger partial charge is 0.321 e. The van der Waals surface area contributed by atoms with Crippen LogP contribution in [-0.2, 0) is 12.0 Å². The van der Waals surface area contributed by atoms with E-state index >= 15 is 0 Å². The topological polar surface area (TPSA) is 58.4 Å². The number of nitrogens with zero attached hydrogens (tertiary/aromatic N) is 2. The lowest BCUT2D eigenvalue weighted by Crippen LogP contribution is -2.30. The molecule has 0 bridgehead atoms. The van der Waals surface area contributed by atoms with Gasteiger partial charge in [0.2, 0.25) is 5.89 Å². The van der Waals surface area contributed by atoms with Crippen molar-refractivity contribution in [1.82, 2.24) is 9.88 Å². The zero-order valence-corrected chi connectivity index (χ0v) is 15.3. The summed E-state index contributed by atoms with van der Waals surface area (Å²) < 4.78 is 18.7. The van der Waals surface area contributed by atoms with E-state index in [2.05, 4.69) is 10.3 Å². The van der Waals surface area contributed by atoms with Gasteiger partial charge in [-0.2, -0.15) is 0 Å². The molecule has 1 aromatic heterocycles. The summed E-state index contributed by atoms with van der Waals surface area (Å²) in [4.78, 5) is 18.4. The number of oxazole rings is 1. The summed E-state index contributed by atoms with van der Waals surface area (Å²) in [6.07, 6.45) is 0. The highest BCUT2D eigenvalue weighted by atomic mass is 19.1. The molecule has 0 atom stereocenters. The summed E-state index contributed by atoms with van der Waals surface area (Å²) in [7, 11) is 1.69. The monoisotopic (exact) mass is 355 g/mol. The molecule has 2 aromatic carbocycles. The average Bonchev–Trinajstić information content (AvgIpc) is 3.00. The summed E-state index contributed by atoms with van der Waals surface area (Å²) in [5, 5.41) is 2.84.